The van der Waals surface area contributed by atoms with Gasteiger partial charge in [-0.05, 0) is 30.5 Å². The van der Waals surface area contributed by atoms with Gasteiger partial charge in [-0.3, -0.25) is 9.52 Å². The van der Waals surface area contributed by atoms with Crippen molar-refractivity contribution in [2.45, 2.75) is 26.2 Å². The number of nitrogens with one attached hydrogen (secondary N) is 1. The summed E-state index contributed by atoms with van der Waals surface area (Å²) in [5, 5.41) is 10.3. The quantitative estimate of drug-likeness (QED) is 0.715. The fourth-order valence-corrected chi connectivity index (χ4v) is 4.19. The first-order valence-electron chi connectivity index (χ1n) is 8.82. The van der Waals surface area contributed by atoms with Gasteiger partial charge in [0.25, 0.3) is 0 Å². The summed E-state index contributed by atoms with van der Waals surface area (Å²) >= 11 is 0. The summed E-state index contributed by atoms with van der Waals surface area (Å²) in [6.45, 7) is 2.03. The molecular weight excluding hydrogens is 364 g/mol. The molecule has 27 heavy (non-hydrogen) atoms. The number of anilines is 1. The van der Waals surface area contributed by atoms with E-state index in [1.54, 1.807) is 12.1 Å². The maximum absolute atomic E-state index is 12.8. The molecular formula is C20H22N2O4S. The highest BCUT2D eigenvalue weighted by Crippen LogP contribution is 2.32. The fraction of sp³-hybridized carbons (Fsp3) is 0.250. The molecule has 0 saturated carbocycles. The lowest BCUT2D eigenvalue weighted by molar-refractivity contribution is 0.0911. The summed E-state index contributed by atoms with van der Waals surface area (Å²) in [6.07, 6.45) is 4.72. The van der Waals surface area contributed by atoms with E-state index in [1.165, 1.54) is 18.5 Å². The van der Waals surface area contributed by atoms with Gasteiger partial charge in [0.05, 0.1) is 5.69 Å². The van der Waals surface area contributed by atoms with E-state index in [4.69, 9.17) is 0 Å². The highest BCUT2D eigenvalue weighted by atomic mass is 32.2. The Bertz CT molecular complexity index is 955. The zero-order valence-corrected chi connectivity index (χ0v) is 15.8. The van der Waals surface area contributed by atoms with Gasteiger partial charge in [0.2, 0.25) is 0 Å². The number of hydrogen-bond donors (Lipinski definition) is 2. The van der Waals surface area contributed by atoms with E-state index in [9.17, 15) is 18.3 Å². The molecule has 2 aromatic rings. The molecule has 0 aliphatic carbocycles. The molecule has 0 aromatic heterocycles. The van der Waals surface area contributed by atoms with Gasteiger partial charge >= 0.3 is 10.2 Å². The highest BCUT2D eigenvalue weighted by Gasteiger charge is 2.26. The van der Waals surface area contributed by atoms with Crippen molar-refractivity contribution in [3.63, 3.8) is 0 Å². The normalized spacial score (nSPS) is 16.1. The van der Waals surface area contributed by atoms with E-state index >= 15 is 0 Å². The monoisotopic (exact) mass is 386 g/mol. The minimum Gasteiger partial charge on any atom is -0.506 e. The van der Waals surface area contributed by atoms with Gasteiger partial charge in [0, 0.05) is 23.9 Å². The van der Waals surface area contributed by atoms with Crippen molar-refractivity contribution in [2.24, 2.45) is 5.92 Å². The van der Waals surface area contributed by atoms with Gasteiger partial charge in [0.15, 0.2) is 5.78 Å². The maximum Gasteiger partial charge on any atom is 0.327 e. The number of carbonyl (C=O) groups is 1. The molecule has 6 nitrogen and oxygen atoms in total. The molecule has 0 saturated heterocycles. The lowest BCUT2D eigenvalue weighted by Gasteiger charge is -2.18. The van der Waals surface area contributed by atoms with Crippen molar-refractivity contribution >= 4 is 21.7 Å². The largest absolute Gasteiger partial charge is 0.506 e. The Morgan fingerprint density at radius 1 is 1.19 bits per heavy atom. The minimum atomic E-state index is -3.70. The lowest BCUT2D eigenvalue weighted by Crippen LogP contribution is -2.28. The Hall–Kier alpha value is -2.80. The topological polar surface area (TPSA) is 86.7 Å². The van der Waals surface area contributed by atoms with Gasteiger partial charge in [-0.1, -0.05) is 49.7 Å². The number of phenols is 1. The molecule has 0 radical (unpaired) electrons. The fourth-order valence-electron chi connectivity index (χ4n) is 3.21. The van der Waals surface area contributed by atoms with Crippen LogP contribution in [0.15, 0.2) is 60.9 Å². The van der Waals surface area contributed by atoms with Crippen molar-refractivity contribution < 1.29 is 18.3 Å². The average molecular weight is 386 g/mol. The third kappa shape index (κ3) is 4.14. The number of ketones is 1. The van der Waals surface area contributed by atoms with E-state index in [1.807, 2.05) is 37.3 Å². The molecule has 7 heteroatoms. The van der Waals surface area contributed by atoms with E-state index in [0.717, 1.165) is 22.7 Å². The third-order valence-electron chi connectivity index (χ3n) is 4.51. The number of phenolic OH excluding ortho intramolecular Hbond substituents is 1. The second kappa shape index (κ2) is 7.84. The van der Waals surface area contributed by atoms with Crippen LogP contribution in [-0.2, 0) is 16.6 Å². The summed E-state index contributed by atoms with van der Waals surface area (Å²) < 4.78 is 27.0. The number of hydrogen-bond acceptors (Lipinski definition) is 4. The van der Waals surface area contributed by atoms with Crippen LogP contribution < -0.4 is 9.03 Å². The summed E-state index contributed by atoms with van der Waals surface area (Å²) in [4.78, 5) is 12.8. The molecule has 0 amide bonds. The molecule has 1 aliphatic rings. The number of aromatic hydroxyl groups is 1. The van der Waals surface area contributed by atoms with Crippen LogP contribution in [0.25, 0.3) is 0 Å². The molecule has 1 heterocycles. The van der Waals surface area contributed by atoms with Crippen LogP contribution in [0.1, 0.15) is 35.7 Å². The minimum absolute atomic E-state index is 0.0790. The molecule has 1 aliphatic heterocycles. The summed E-state index contributed by atoms with van der Waals surface area (Å²) in [5.74, 6) is -0.262. The standard InChI is InChI=1S/C20H22N2O4S/c1-2-6-17(20(24)16-7-4-3-5-8-16)13-15-9-10-18(19(23)14-15)22-12-11-21-27(22,25)26/h3-5,7-12,14,17,21,23H,2,6,13H2,1H3. The first-order chi connectivity index (χ1) is 12.9. The molecule has 1 atom stereocenters. The molecule has 3 rings (SSSR count). The molecule has 0 fully saturated rings. The van der Waals surface area contributed by atoms with Crippen LogP contribution >= 0.6 is 0 Å². The van der Waals surface area contributed by atoms with Gasteiger partial charge in [-0.15, -0.1) is 0 Å². The van der Waals surface area contributed by atoms with Gasteiger partial charge < -0.3 is 5.11 Å². The number of Topliss-reactive ketones (excluding diaryl/α,β-unsaturated/α-hetero) is 1. The van der Waals surface area contributed by atoms with Crippen molar-refractivity contribution in [3.8, 4) is 5.75 Å². The van der Waals surface area contributed by atoms with E-state index in [-0.39, 0.29) is 23.1 Å². The van der Waals surface area contributed by atoms with E-state index in [2.05, 4.69) is 4.72 Å². The lowest BCUT2D eigenvalue weighted by atomic mass is 9.88. The average Bonchev–Trinajstić information content (AvgIpc) is 3.00. The van der Waals surface area contributed by atoms with Crippen LogP contribution in [0.2, 0.25) is 0 Å². The molecule has 0 bridgehead atoms. The molecule has 0 spiro atoms. The molecule has 2 aromatic carbocycles. The summed E-state index contributed by atoms with van der Waals surface area (Å²) in [5.41, 5.74) is 1.63. The second-order valence-electron chi connectivity index (χ2n) is 6.48. The van der Waals surface area contributed by atoms with Crippen molar-refractivity contribution in [1.82, 2.24) is 4.72 Å². The van der Waals surface area contributed by atoms with E-state index in [0.29, 0.717) is 12.0 Å². The first kappa shape index (κ1) is 19.0. The Kier molecular flexibility index (Phi) is 5.51. The van der Waals surface area contributed by atoms with Crippen LogP contribution in [-0.4, -0.2) is 19.3 Å². The Morgan fingerprint density at radius 2 is 1.93 bits per heavy atom. The van der Waals surface area contributed by atoms with Gasteiger partial charge in [-0.2, -0.15) is 8.42 Å². The van der Waals surface area contributed by atoms with E-state index < -0.39 is 10.2 Å². The number of rotatable bonds is 7. The predicted octanol–water partition coefficient (Wildman–Crippen LogP) is 3.36. The highest BCUT2D eigenvalue weighted by molar-refractivity contribution is 7.91. The molecule has 142 valence electrons. The van der Waals surface area contributed by atoms with Gasteiger partial charge in [0.1, 0.15) is 5.75 Å². The van der Waals surface area contributed by atoms with Crippen LogP contribution in [0.3, 0.4) is 0 Å². The smallest absolute Gasteiger partial charge is 0.327 e. The maximum atomic E-state index is 12.8. The Morgan fingerprint density at radius 3 is 2.52 bits per heavy atom. The molecule has 2 N–H and O–H groups in total. The predicted molar refractivity (Wildman–Crippen MR) is 105 cm³/mol. The van der Waals surface area contributed by atoms with Gasteiger partial charge in [-0.25, -0.2) is 4.31 Å². The Labute approximate surface area is 159 Å². The van der Waals surface area contributed by atoms with Crippen LogP contribution in [0, 0.1) is 5.92 Å². The number of carbonyl (C=O) groups excluding carboxylic acids is 1. The zero-order valence-electron chi connectivity index (χ0n) is 15.0. The summed E-state index contributed by atoms with van der Waals surface area (Å²) in [7, 11) is -3.70. The third-order valence-corrected chi connectivity index (χ3v) is 5.78. The van der Waals surface area contributed by atoms with Crippen molar-refractivity contribution in [1.29, 1.82) is 0 Å². The number of nitrogens with zero attached hydrogens (tertiary/aromatic N) is 1. The summed E-state index contributed by atoms with van der Waals surface area (Å²) in [6, 6.07) is 14.0. The second-order valence-corrected chi connectivity index (χ2v) is 8.06. The zero-order chi connectivity index (χ0) is 19.4. The molecule has 1 unspecified atom stereocenters. The Balaban J connectivity index is 1.82. The number of benzene rings is 2. The SMILES string of the molecule is CCCC(Cc1ccc(N2C=CNS2(=O)=O)c(O)c1)C(=O)c1ccccc1. The first-order valence-corrected chi connectivity index (χ1v) is 10.3. The van der Waals surface area contributed by atoms with Crippen LogP contribution in [0.5, 0.6) is 5.75 Å². The van der Waals surface area contributed by atoms with Crippen LogP contribution in [0.4, 0.5) is 5.69 Å². The van der Waals surface area contributed by atoms with Crippen molar-refractivity contribution in [2.75, 3.05) is 4.31 Å². The van der Waals surface area contributed by atoms with Crippen molar-refractivity contribution in [3.05, 3.63) is 72.1 Å².